The third-order valence-corrected chi connectivity index (χ3v) is 22.4. The first-order valence-corrected chi connectivity index (χ1v) is 34.1. The lowest BCUT2D eigenvalue weighted by Crippen LogP contribution is -2.66. The zero-order chi connectivity index (χ0) is 73.4. The Labute approximate surface area is 572 Å². The number of hydrogen-bond donors (Lipinski definition) is 29. The maximum absolute atomic E-state index is 12.1. The third-order valence-electron chi connectivity index (χ3n) is 22.4. The Morgan fingerprint density at radius 2 is 0.430 bits per heavy atom. The van der Waals surface area contributed by atoms with Crippen LogP contribution in [0.4, 0.5) is 0 Å². The smallest absolute Gasteiger partial charge is 0.187 e. The SMILES string of the molecule is OCC1O[C@@H](O)C(O)[C@@H](O)[C@@H]1O[C@@H]1OC(CO)[C@H](O)[C@H](O[C@@H]2CC(CO)[C@H](O)[C@H](O[C@@H]3CC(CO)[C@H](O)[C@H](O[C@@H]4CC(CO)[C@H](O)[C@H](O[C@@H]5CC(CO)[C@H](O)[C@H](O[C@@H]6CC(CO)[C@H](O)[C@H](O[C@@H]7CC(CO)[C@H](O)[C@H](O[C@@H]8CC(CO)[C@H](O)[C@H](O)C8O)C7O)C6O)C5O)C4O)C3O)C2O)C1O. The van der Waals surface area contributed by atoms with Crippen LogP contribution in [0.5, 0.6) is 0 Å². The van der Waals surface area contributed by atoms with Crippen molar-refractivity contribution in [1.82, 2.24) is 0 Å². The lowest BCUT2D eigenvalue weighted by molar-refractivity contribution is -0.363. The largest absolute Gasteiger partial charge is 0.396 e. The normalized spacial score (nSPS) is 53.7. The molecular weight excluding hydrogens is 1360 g/mol. The first-order chi connectivity index (χ1) is 47.5. The van der Waals surface area contributed by atoms with Gasteiger partial charge in [-0.1, -0.05) is 0 Å². The van der Waals surface area contributed by atoms with E-state index in [9.17, 15) is 148 Å². The van der Waals surface area contributed by atoms with Gasteiger partial charge in [0.25, 0.3) is 0 Å². The van der Waals surface area contributed by atoms with Crippen LogP contribution in [0.25, 0.3) is 0 Å². The molecule has 39 nitrogen and oxygen atoms in total. The molecule has 45 atom stereocenters. The maximum Gasteiger partial charge on any atom is 0.187 e. The molecule has 9 fully saturated rings. The number of aliphatic hydroxyl groups is 29. The van der Waals surface area contributed by atoms with Crippen LogP contribution in [0.15, 0.2) is 0 Å². The van der Waals surface area contributed by atoms with E-state index in [1.54, 1.807) is 0 Å². The van der Waals surface area contributed by atoms with Crippen LogP contribution >= 0.6 is 0 Å². The summed E-state index contributed by atoms with van der Waals surface area (Å²) in [6, 6.07) is 0. The van der Waals surface area contributed by atoms with E-state index in [4.69, 9.17) is 47.4 Å². The highest BCUT2D eigenvalue weighted by atomic mass is 16.7. The first kappa shape index (κ1) is 82.5. The monoisotopic (exact) mass is 1460 g/mol. The highest BCUT2D eigenvalue weighted by Gasteiger charge is 2.60. The predicted octanol–water partition coefficient (Wildman–Crippen LogP) is -16.0. The van der Waals surface area contributed by atoms with Gasteiger partial charge in [0.1, 0.15) is 134 Å². The molecule has 2 aliphatic heterocycles. The summed E-state index contributed by atoms with van der Waals surface area (Å²) < 4.78 is 59.5. The molecule has 29 N–H and O–H groups in total. The molecule has 9 rings (SSSR count). The average Bonchev–Trinajstić information content (AvgIpc) is 0.785. The van der Waals surface area contributed by atoms with Crippen molar-refractivity contribution < 1.29 is 195 Å². The topological polar surface area (TPSA) is 679 Å². The standard InChI is InChI=1S/C61H106O39/c62-8-17-1-24(40(78)48(86)33(17)71)91-53-34(72)18(9-63)2-25(41(53)79)92-54-35(73)19(10-64)3-26(42(54)80)93-55-36(74)20(11-65)4-27(43(55)81)94-56-37(75)21(12-66)5-28(44(56)82)95-57-38(76)22(13-67)6-29(45(57)83)96-58-39(77)23(14-68)7-30(46(58)84)97-59-47(85)31(15-69)99-61(51(59)89)100-52-32(16-70)98-60(90)50(88)49(52)87/h17-90H,1-16H2/t17?,18?,19?,20?,21?,22?,23?,24-,25-,26-,27-,28-,29-,30-,31?,32?,33+,34+,35+,36+,37+,38+,39+,40?,41?,42?,43?,44?,45?,46?,47+,48+,49-,50?,51?,52-,53+,54+,55+,56+,57+,58+,59+,60-,61+/m1/s1. The van der Waals surface area contributed by atoms with Gasteiger partial charge in [-0.15, -0.1) is 0 Å². The van der Waals surface area contributed by atoms with Crippen molar-refractivity contribution in [1.29, 1.82) is 0 Å². The van der Waals surface area contributed by atoms with E-state index < -0.39 is 365 Å². The van der Waals surface area contributed by atoms with Crippen LogP contribution in [0.3, 0.4) is 0 Å². The molecule has 100 heavy (non-hydrogen) atoms. The molecule has 0 aromatic carbocycles. The molecule has 0 spiro atoms. The zero-order valence-electron chi connectivity index (χ0n) is 54.3. The number of ether oxygens (including phenoxy) is 10. The van der Waals surface area contributed by atoms with Gasteiger partial charge in [-0.05, 0) is 44.9 Å². The summed E-state index contributed by atoms with van der Waals surface area (Å²) in [4.78, 5) is 0. The highest BCUT2D eigenvalue weighted by Crippen LogP contribution is 2.44. The molecule has 0 radical (unpaired) electrons. The van der Waals surface area contributed by atoms with Crippen molar-refractivity contribution in [2.75, 3.05) is 59.5 Å². The fraction of sp³-hybridized carbons (Fsp3) is 1.00. The molecule has 7 aliphatic carbocycles. The minimum absolute atomic E-state index is 0.262. The second kappa shape index (κ2) is 35.6. The third kappa shape index (κ3) is 16.8. The summed E-state index contributed by atoms with van der Waals surface area (Å²) in [5, 5.41) is 320. The minimum atomic E-state index is -2.09. The summed E-state index contributed by atoms with van der Waals surface area (Å²) >= 11 is 0. The Morgan fingerprint density at radius 1 is 0.190 bits per heavy atom. The summed E-state index contributed by atoms with van der Waals surface area (Å²) in [6.45, 7) is -7.31. The maximum atomic E-state index is 12.1. The second-order valence-corrected chi connectivity index (χ2v) is 28.6. The Morgan fingerprint density at radius 3 is 0.680 bits per heavy atom. The van der Waals surface area contributed by atoms with Crippen LogP contribution in [0, 0.1) is 41.4 Å². The van der Waals surface area contributed by atoms with Gasteiger partial charge >= 0.3 is 0 Å². The van der Waals surface area contributed by atoms with Crippen LogP contribution in [0.2, 0.25) is 0 Å². The summed E-state index contributed by atoms with van der Waals surface area (Å²) in [5.41, 5.74) is 0. The fourth-order valence-electron chi connectivity index (χ4n) is 16.2. The van der Waals surface area contributed by atoms with Crippen molar-refractivity contribution >= 4 is 0 Å². The van der Waals surface area contributed by atoms with E-state index >= 15 is 0 Å². The van der Waals surface area contributed by atoms with Gasteiger partial charge in [0, 0.05) is 87.7 Å². The van der Waals surface area contributed by atoms with Gasteiger partial charge < -0.3 is 195 Å². The van der Waals surface area contributed by atoms with Gasteiger partial charge in [-0.2, -0.15) is 0 Å². The van der Waals surface area contributed by atoms with E-state index in [1.165, 1.54) is 0 Å². The molecule has 9 aliphatic rings. The molecule has 0 amide bonds. The Hall–Kier alpha value is -1.56. The summed E-state index contributed by atoms with van der Waals surface area (Å²) in [6.07, 6.45) is -71.1. The molecule has 39 heteroatoms. The van der Waals surface area contributed by atoms with Crippen molar-refractivity contribution in [2.45, 2.75) is 277 Å². The van der Waals surface area contributed by atoms with Crippen molar-refractivity contribution in [3.63, 3.8) is 0 Å². The van der Waals surface area contributed by atoms with Gasteiger partial charge in [0.15, 0.2) is 12.6 Å². The van der Waals surface area contributed by atoms with Crippen LogP contribution < -0.4 is 0 Å². The minimum Gasteiger partial charge on any atom is -0.396 e. The van der Waals surface area contributed by atoms with Crippen LogP contribution in [0.1, 0.15) is 44.9 Å². The number of hydrogen-bond acceptors (Lipinski definition) is 39. The van der Waals surface area contributed by atoms with E-state index in [-0.39, 0.29) is 12.8 Å². The molecule has 18 unspecified atom stereocenters. The van der Waals surface area contributed by atoms with Crippen molar-refractivity contribution in [2.24, 2.45) is 41.4 Å². The molecule has 0 bridgehead atoms. The first-order valence-electron chi connectivity index (χ1n) is 34.1. The second-order valence-electron chi connectivity index (χ2n) is 28.6. The predicted molar refractivity (Wildman–Crippen MR) is 320 cm³/mol. The average molecular weight is 1460 g/mol. The number of aliphatic hydroxyl groups excluding tert-OH is 29. The quantitative estimate of drug-likeness (QED) is 0.0404. The molecule has 2 saturated heterocycles. The zero-order valence-corrected chi connectivity index (χ0v) is 54.3. The fourth-order valence-corrected chi connectivity index (χ4v) is 16.2. The lowest BCUT2D eigenvalue weighted by atomic mass is 9.77. The van der Waals surface area contributed by atoms with Gasteiger partial charge in [0.2, 0.25) is 0 Å². The van der Waals surface area contributed by atoms with Crippen LogP contribution in [-0.4, -0.2) is 440 Å². The van der Waals surface area contributed by atoms with E-state index in [0.717, 1.165) is 0 Å². The van der Waals surface area contributed by atoms with Gasteiger partial charge in [0.05, 0.1) is 98.7 Å². The van der Waals surface area contributed by atoms with E-state index in [1.807, 2.05) is 0 Å². The van der Waals surface area contributed by atoms with Gasteiger partial charge in [-0.25, -0.2) is 0 Å². The number of rotatable bonds is 25. The molecule has 0 aromatic rings. The van der Waals surface area contributed by atoms with Gasteiger partial charge in [-0.3, -0.25) is 0 Å². The highest BCUT2D eigenvalue weighted by molar-refractivity contribution is 5.07. The Kier molecular flexibility index (Phi) is 29.4. The molecule has 2 heterocycles. The Balaban J connectivity index is 0.883. The van der Waals surface area contributed by atoms with Crippen LogP contribution in [-0.2, 0) is 47.4 Å². The molecule has 0 aromatic heterocycles. The molecule has 584 valence electrons. The lowest BCUT2D eigenvalue weighted by Gasteiger charge is -2.51. The Bertz CT molecular complexity index is 2450. The summed E-state index contributed by atoms with van der Waals surface area (Å²) in [5.74, 6) is -8.32. The molecule has 7 saturated carbocycles. The van der Waals surface area contributed by atoms with Crippen molar-refractivity contribution in [3.05, 3.63) is 0 Å². The van der Waals surface area contributed by atoms with E-state index in [0.29, 0.717) is 0 Å². The van der Waals surface area contributed by atoms with E-state index in [2.05, 4.69) is 0 Å². The summed E-state index contributed by atoms with van der Waals surface area (Å²) in [7, 11) is 0. The molecular formula is C61H106O39. The van der Waals surface area contributed by atoms with Crippen molar-refractivity contribution in [3.8, 4) is 0 Å².